The first-order valence-corrected chi connectivity index (χ1v) is 26.0. The Bertz CT molecular complexity index is 3330. The van der Waals surface area contributed by atoms with E-state index in [9.17, 15) is 24.3 Å². The lowest BCUT2D eigenvalue weighted by Crippen LogP contribution is -2.57. The lowest BCUT2D eigenvalue weighted by Gasteiger charge is -2.36. The maximum atomic E-state index is 14.4. The predicted octanol–water partition coefficient (Wildman–Crippen LogP) is 8.05. The van der Waals surface area contributed by atoms with Gasteiger partial charge in [-0.15, -0.1) is 21.5 Å². The van der Waals surface area contributed by atoms with Crippen LogP contribution in [0.1, 0.15) is 115 Å². The van der Waals surface area contributed by atoms with Crippen LogP contribution in [0, 0.1) is 26.2 Å². The number of aliphatic imine (C=N–C) groups is 1. The first-order valence-electron chi connectivity index (χ1n) is 24.8. The van der Waals surface area contributed by atoms with Crippen LogP contribution in [0.3, 0.4) is 0 Å². The lowest BCUT2D eigenvalue weighted by molar-refractivity contribution is -0.142. The fraction of sp³-hybridized carbons (Fsp3) is 0.382. The molecule has 2 aliphatic heterocycles. The van der Waals surface area contributed by atoms with Crippen molar-refractivity contribution in [1.82, 2.24) is 45.2 Å². The number of nitrogens with one attached hydrogen (secondary N) is 3. The van der Waals surface area contributed by atoms with Gasteiger partial charge in [-0.2, -0.15) is 0 Å². The quantitative estimate of drug-likeness (QED) is 0.0873. The summed E-state index contributed by atoms with van der Waals surface area (Å²) in [6, 6.07) is 19.1. The molecule has 1 saturated heterocycles. The van der Waals surface area contributed by atoms with Gasteiger partial charge in [0.05, 0.1) is 24.3 Å². The molecule has 6 heterocycles. The fourth-order valence-electron chi connectivity index (χ4n) is 10.1. The van der Waals surface area contributed by atoms with E-state index in [1.54, 1.807) is 41.8 Å². The molecule has 74 heavy (non-hydrogen) atoms. The Labute approximate surface area is 437 Å². The van der Waals surface area contributed by atoms with Crippen molar-refractivity contribution in [3.63, 3.8) is 0 Å². The molecule has 5 atom stereocenters. The van der Waals surface area contributed by atoms with Crippen molar-refractivity contribution in [2.75, 3.05) is 6.54 Å². The number of hydrogen-bond donors (Lipinski definition) is 4. The number of hydrogen-bond acceptors (Lipinski definition) is 12. The van der Waals surface area contributed by atoms with Crippen molar-refractivity contribution < 1.29 is 33.4 Å². The van der Waals surface area contributed by atoms with Gasteiger partial charge in [-0.1, -0.05) is 68.8 Å². The van der Waals surface area contributed by atoms with Gasteiger partial charge >= 0.3 is 0 Å². The summed E-state index contributed by atoms with van der Waals surface area (Å²) in [5, 5.41) is 31.0. The number of ether oxygens (including phenoxy) is 1. The largest absolute Gasteiger partial charge is 0.490 e. The molecular weight excluding hydrogens is 980 g/mol. The number of halogens is 1. The monoisotopic (exact) mass is 1040 g/mol. The highest BCUT2D eigenvalue weighted by Crippen LogP contribution is 2.40. The normalized spacial score (nSPS) is 20.2. The third-order valence-electron chi connectivity index (χ3n) is 14.3. The minimum absolute atomic E-state index is 0.00307. The van der Waals surface area contributed by atoms with Gasteiger partial charge < -0.3 is 39.7 Å². The summed E-state index contributed by atoms with van der Waals surface area (Å²) in [4.78, 5) is 68.0. The average Bonchev–Trinajstić information content (AvgIpc) is 4.20. The summed E-state index contributed by atoms with van der Waals surface area (Å²) in [5.41, 5.74) is 5.26. The molecule has 0 bridgehead atoms. The molecule has 1 aliphatic carbocycles. The molecule has 0 spiro atoms. The number of benzene rings is 3. The predicted molar refractivity (Wildman–Crippen MR) is 282 cm³/mol. The number of fused-ring (bicyclic) bond motifs is 4. The van der Waals surface area contributed by atoms with Gasteiger partial charge in [0.2, 0.25) is 17.7 Å². The van der Waals surface area contributed by atoms with E-state index in [0.717, 1.165) is 55.1 Å². The van der Waals surface area contributed by atoms with Crippen molar-refractivity contribution in [1.29, 1.82) is 0 Å². The summed E-state index contributed by atoms with van der Waals surface area (Å²) in [5.74, 6) is 1.08. The molecule has 1 unspecified atom stereocenters. The van der Waals surface area contributed by atoms with E-state index in [1.165, 1.54) is 4.90 Å². The number of imidazole rings is 1. The second kappa shape index (κ2) is 19.9. The van der Waals surface area contributed by atoms with E-state index >= 15 is 0 Å². The van der Waals surface area contributed by atoms with Gasteiger partial charge in [0.25, 0.3) is 5.91 Å². The minimum Gasteiger partial charge on any atom is -0.490 e. The van der Waals surface area contributed by atoms with E-state index < -0.39 is 53.4 Å². The molecule has 4 amide bonds. The number of amides is 4. The smallest absolute Gasteiger partial charge is 0.287 e. The number of aromatic nitrogens is 5. The highest BCUT2D eigenvalue weighted by molar-refractivity contribution is 7.15. The number of β-amino-alcohol motifs (C(OH)–C–C–N with tert-alkyl or cyclic N) is 1. The number of thiophene rings is 1. The van der Waals surface area contributed by atoms with Crippen LogP contribution < -0.4 is 20.7 Å². The third-order valence-corrected chi connectivity index (χ3v) is 15.8. The Kier molecular flexibility index (Phi) is 13.6. The van der Waals surface area contributed by atoms with Crippen LogP contribution in [0.25, 0.3) is 27.4 Å². The molecule has 19 heteroatoms. The Hall–Kier alpha value is -7.15. The maximum Gasteiger partial charge on any atom is 0.287 e. The van der Waals surface area contributed by atoms with Gasteiger partial charge in [-0.05, 0) is 80.6 Å². The molecule has 0 radical (unpaired) electrons. The van der Waals surface area contributed by atoms with E-state index in [-0.39, 0.29) is 43.2 Å². The molecule has 4 N–H and O–H groups in total. The summed E-state index contributed by atoms with van der Waals surface area (Å²) >= 11 is 7.94. The summed E-state index contributed by atoms with van der Waals surface area (Å²) in [7, 11) is 1.92. The number of likely N-dealkylation sites (tertiary alicyclic amines) is 1. The number of aryl methyl sites for hydroxylation is 3. The zero-order valence-corrected chi connectivity index (χ0v) is 44.0. The average molecular weight is 1040 g/mol. The standard InChI is InChI=1S/C55H59ClN10O7S/c1-28-30(3)74-54-46(28)47(33-13-15-36(56)16-14-33)60-41(50-63-62-31(4)66(50)54)26-45(68)59-37-23-40(24-37)72-39-17-18-43-35(21-39)22-44(73-43)52(70)61-48(55(5,6)7)53(71)65-27-38(67)25-42(65)51(69)58-29(2)32-9-11-34(12-10-32)49-57-19-20-64(49)8/h9-22,29,37-38,40-42,48,67H,23-27H2,1-8H3,(H,58,69)(H,59,68)(H,61,70)/t29-,37-,38+,40+,41-,42-,48?/m0/s1. The number of rotatable bonds is 13. The van der Waals surface area contributed by atoms with Crippen LogP contribution in [-0.2, 0) is 21.4 Å². The molecule has 7 aromatic rings. The third kappa shape index (κ3) is 9.97. The van der Waals surface area contributed by atoms with Crippen molar-refractivity contribution in [3.8, 4) is 22.1 Å². The first-order chi connectivity index (χ1) is 35.3. The molecule has 17 nitrogen and oxygen atoms in total. The molecule has 3 aliphatic rings. The van der Waals surface area contributed by atoms with Crippen molar-refractivity contribution in [3.05, 3.63) is 135 Å². The lowest BCUT2D eigenvalue weighted by atomic mass is 9.85. The fourth-order valence-corrected chi connectivity index (χ4v) is 11.4. The summed E-state index contributed by atoms with van der Waals surface area (Å²) < 4.78 is 16.3. The van der Waals surface area contributed by atoms with E-state index in [4.69, 9.17) is 25.7 Å². The van der Waals surface area contributed by atoms with E-state index in [2.05, 4.69) is 45.0 Å². The van der Waals surface area contributed by atoms with Crippen molar-refractivity contribution in [2.24, 2.45) is 17.5 Å². The van der Waals surface area contributed by atoms with Gasteiger partial charge in [-0.3, -0.25) is 28.7 Å². The Morgan fingerprint density at radius 1 is 0.946 bits per heavy atom. The van der Waals surface area contributed by atoms with Crippen molar-refractivity contribution >= 4 is 63.2 Å². The maximum absolute atomic E-state index is 14.4. The number of carbonyl (C=O) groups is 4. The van der Waals surface area contributed by atoms with E-state index in [1.807, 2.05) is 106 Å². The molecule has 3 aromatic carbocycles. The first kappa shape index (κ1) is 50.4. The van der Waals surface area contributed by atoms with Gasteiger partial charge in [-0.25, -0.2) is 4.98 Å². The molecule has 10 rings (SSSR count). The molecule has 384 valence electrons. The second-order valence-electron chi connectivity index (χ2n) is 20.8. The van der Waals surface area contributed by atoms with Crippen LogP contribution in [0.2, 0.25) is 5.02 Å². The van der Waals surface area contributed by atoms with Gasteiger partial charge in [0.1, 0.15) is 52.2 Å². The Morgan fingerprint density at radius 3 is 2.38 bits per heavy atom. The van der Waals surface area contributed by atoms with Crippen LogP contribution in [-0.4, -0.2) is 101 Å². The SMILES string of the molecule is Cc1sc2c(c1C)C(c1ccc(Cl)cc1)=N[C@@H](CC(=O)N[C@H]1C[C@@H](Oc3ccc4oc(C(=O)NC(C(=O)N5C[C@H](O)C[C@H]5C(=O)N[C@@H](C)c5ccc(-c6nccn6C)cc5)C(C)(C)C)cc4c3)C1)c1nnc(C)n1-2. The van der Waals surface area contributed by atoms with Gasteiger partial charge in [0.15, 0.2) is 11.6 Å². The molecule has 1 saturated carbocycles. The van der Waals surface area contributed by atoms with Crippen LogP contribution >= 0.6 is 22.9 Å². The zero-order valence-electron chi connectivity index (χ0n) is 42.5. The highest BCUT2D eigenvalue weighted by atomic mass is 35.5. The van der Waals surface area contributed by atoms with Crippen LogP contribution in [0.5, 0.6) is 5.75 Å². The highest BCUT2D eigenvalue weighted by Gasteiger charge is 2.45. The minimum atomic E-state index is -1.07. The van der Waals surface area contributed by atoms with Crippen LogP contribution in [0.4, 0.5) is 0 Å². The second-order valence-corrected chi connectivity index (χ2v) is 22.4. The number of furan rings is 1. The Balaban J connectivity index is 0.754. The molecule has 4 aromatic heterocycles. The topological polar surface area (TPSA) is 211 Å². The van der Waals surface area contributed by atoms with Crippen molar-refractivity contribution in [2.45, 2.75) is 117 Å². The van der Waals surface area contributed by atoms with Crippen LogP contribution in [0.15, 0.2) is 94.6 Å². The molecular formula is C55H59ClN10O7S. The molecule has 2 fully saturated rings. The Morgan fingerprint density at radius 2 is 1.68 bits per heavy atom. The number of aliphatic hydroxyl groups excluding tert-OH is 1. The number of carbonyl (C=O) groups excluding carboxylic acids is 4. The number of nitrogens with zero attached hydrogens (tertiary/aromatic N) is 7. The van der Waals surface area contributed by atoms with Gasteiger partial charge in [0, 0.05) is 83.3 Å². The summed E-state index contributed by atoms with van der Waals surface area (Å²) in [6.45, 7) is 13.4. The number of aliphatic hydroxyl groups is 1. The zero-order chi connectivity index (χ0) is 52.3. The van der Waals surface area contributed by atoms with E-state index in [0.29, 0.717) is 40.4 Å². The summed E-state index contributed by atoms with van der Waals surface area (Å²) in [6.07, 6.45) is 3.85.